The van der Waals surface area contributed by atoms with E-state index in [1.165, 1.54) is 13.2 Å². The van der Waals surface area contributed by atoms with Gasteiger partial charge in [0.05, 0.1) is 19.3 Å². The highest BCUT2D eigenvalue weighted by atomic mass is 19.1. The molecule has 1 heterocycles. The molecule has 0 aliphatic heterocycles. The summed E-state index contributed by atoms with van der Waals surface area (Å²) in [5, 5.41) is 12.2. The molecule has 1 aliphatic carbocycles. The largest absolute Gasteiger partial charge is 0.481 e. The molecule has 3 rings (SSSR count). The van der Waals surface area contributed by atoms with Gasteiger partial charge < -0.3 is 15.2 Å². The average molecular weight is 348 g/mol. The minimum Gasteiger partial charge on any atom is -0.481 e. The molecule has 2 aromatic rings. The second-order valence-corrected chi connectivity index (χ2v) is 6.07. The van der Waals surface area contributed by atoms with Crippen LogP contribution in [-0.4, -0.2) is 29.2 Å². The zero-order valence-electron chi connectivity index (χ0n) is 13.6. The molecule has 5 nitrogen and oxygen atoms in total. The van der Waals surface area contributed by atoms with Crippen molar-refractivity contribution in [3.05, 3.63) is 59.3 Å². The summed E-state index contributed by atoms with van der Waals surface area (Å²) in [4.78, 5) is 16.5. The zero-order chi connectivity index (χ0) is 18.0. The summed E-state index contributed by atoms with van der Waals surface area (Å²) in [6.07, 6.45) is 2.11. The predicted octanol–water partition coefficient (Wildman–Crippen LogP) is 2.61. The van der Waals surface area contributed by atoms with Gasteiger partial charge in [-0.25, -0.2) is 13.8 Å². The average Bonchev–Trinajstić information content (AvgIpc) is 2.57. The van der Waals surface area contributed by atoms with Crippen molar-refractivity contribution in [2.75, 3.05) is 7.11 Å². The van der Waals surface area contributed by atoms with Gasteiger partial charge in [-0.2, -0.15) is 0 Å². The number of aliphatic hydroxyl groups is 1. The van der Waals surface area contributed by atoms with Crippen LogP contribution >= 0.6 is 0 Å². The molecular formula is C18H18F2N2O3. The van der Waals surface area contributed by atoms with Crippen LogP contribution in [0.3, 0.4) is 0 Å². The zero-order valence-corrected chi connectivity index (χ0v) is 13.6. The van der Waals surface area contributed by atoms with Crippen LogP contribution in [0.25, 0.3) is 0 Å². The van der Waals surface area contributed by atoms with E-state index in [-0.39, 0.29) is 5.92 Å². The monoisotopic (exact) mass is 348 g/mol. The van der Waals surface area contributed by atoms with Crippen molar-refractivity contribution in [2.45, 2.75) is 25.0 Å². The number of ether oxygens (including phenoxy) is 1. The maximum absolute atomic E-state index is 13.8. The third kappa shape index (κ3) is 3.61. The number of benzene rings is 1. The molecule has 7 heteroatoms. The lowest BCUT2D eigenvalue weighted by atomic mass is 9.75. The molecule has 0 saturated heterocycles. The van der Waals surface area contributed by atoms with Crippen LogP contribution in [0.5, 0.6) is 5.88 Å². The standard InChI is InChI=1S/C18H18F2N2O3/c1-25-15-6-5-10(9-21-15)17(11-7-12(23)8-11)22-18(24)16-13(19)3-2-4-14(16)20/h2-6,9,11-12,17,23H,7-8H2,1H3,(H,22,24). The Hall–Kier alpha value is -2.54. The molecule has 1 aliphatic rings. The number of rotatable bonds is 5. The highest BCUT2D eigenvalue weighted by Crippen LogP contribution is 2.38. The van der Waals surface area contributed by atoms with Gasteiger partial charge in [0, 0.05) is 12.3 Å². The molecule has 1 unspecified atom stereocenters. The number of aliphatic hydroxyl groups excluding tert-OH is 1. The molecule has 0 bridgehead atoms. The van der Waals surface area contributed by atoms with E-state index in [1.54, 1.807) is 18.3 Å². The van der Waals surface area contributed by atoms with Gasteiger partial charge in [0.1, 0.15) is 17.2 Å². The Labute approximate surface area is 143 Å². The molecule has 2 N–H and O–H groups in total. The summed E-state index contributed by atoms with van der Waals surface area (Å²) in [6.45, 7) is 0. The van der Waals surface area contributed by atoms with Gasteiger partial charge >= 0.3 is 0 Å². The summed E-state index contributed by atoms with van der Waals surface area (Å²) in [6, 6.07) is 6.15. The fourth-order valence-corrected chi connectivity index (χ4v) is 3.00. The van der Waals surface area contributed by atoms with Crippen molar-refractivity contribution in [1.82, 2.24) is 10.3 Å². The molecule has 1 aromatic carbocycles. The predicted molar refractivity (Wildman–Crippen MR) is 86.1 cm³/mol. The van der Waals surface area contributed by atoms with Gasteiger partial charge in [-0.3, -0.25) is 4.79 Å². The minimum absolute atomic E-state index is 0.0380. The summed E-state index contributed by atoms with van der Waals surface area (Å²) >= 11 is 0. The first kappa shape index (κ1) is 17.3. The van der Waals surface area contributed by atoms with Gasteiger partial charge in [-0.1, -0.05) is 12.1 Å². The summed E-state index contributed by atoms with van der Waals surface area (Å²) in [5.74, 6) is -2.29. The number of aromatic nitrogens is 1. The fraction of sp³-hybridized carbons (Fsp3) is 0.333. The van der Waals surface area contributed by atoms with Gasteiger partial charge in [0.15, 0.2) is 0 Å². The molecule has 1 aromatic heterocycles. The third-order valence-corrected chi connectivity index (χ3v) is 4.42. The fourth-order valence-electron chi connectivity index (χ4n) is 3.00. The van der Waals surface area contributed by atoms with Gasteiger partial charge in [-0.15, -0.1) is 0 Å². The van der Waals surface area contributed by atoms with Crippen LogP contribution in [0.2, 0.25) is 0 Å². The van der Waals surface area contributed by atoms with E-state index in [0.717, 1.165) is 12.1 Å². The van der Waals surface area contributed by atoms with Crippen molar-refractivity contribution in [3.63, 3.8) is 0 Å². The number of carbonyl (C=O) groups is 1. The minimum atomic E-state index is -0.919. The Kier molecular flexibility index (Phi) is 4.94. The first-order chi connectivity index (χ1) is 12.0. The maximum atomic E-state index is 13.8. The Morgan fingerprint density at radius 2 is 1.96 bits per heavy atom. The Morgan fingerprint density at radius 3 is 2.48 bits per heavy atom. The first-order valence-electron chi connectivity index (χ1n) is 7.92. The molecule has 0 radical (unpaired) electrons. The second kappa shape index (κ2) is 7.14. The number of carbonyl (C=O) groups excluding carboxylic acids is 1. The van der Waals surface area contributed by atoms with Crippen LogP contribution in [0, 0.1) is 17.6 Å². The van der Waals surface area contributed by atoms with Crippen molar-refractivity contribution in [2.24, 2.45) is 5.92 Å². The van der Waals surface area contributed by atoms with Crippen molar-refractivity contribution < 1.29 is 23.4 Å². The Bertz CT molecular complexity index is 741. The van der Waals surface area contributed by atoms with Crippen molar-refractivity contribution in [3.8, 4) is 5.88 Å². The quantitative estimate of drug-likeness (QED) is 0.871. The van der Waals surface area contributed by atoms with Gasteiger partial charge in [0.25, 0.3) is 5.91 Å². The van der Waals surface area contributed by atoms with Crippen LogP contribution in [0.4, 0.5) is 8.78 Å². The molecule has 1 atom stereocenters. The lowest BCUT2D eigenvalue weighted by Gasteiger charge is -2.38. The number of pyridine rings is 1. The van der Waals surface area contributed by atoms with Crippen LogP contribution < -0.4 is 10.1 Å². The number of amides is 1. The topological polar surface area (TPSA) is 71.5 Å². The van der Waals surface area contributed by atoms with E-state index in [4.69, 9.17) is 4.74 Å². The maximum Gasteiger partial charge on any atom is 0.257 e. The number of halogens is 2. The smallest absolute Gasteiger partial charge is 0.257 e. The van der Waals surface area contributed by atoms with Crippen LogP contribution in [0.1, 0.15) is 34.8 Å². The van der Waals surface area contributed by atoms with Crippen molar-refractivity contribution >= 4 is 5.91 Å². The normalized spacial score (nSPS) is 20.5. The number of hydrogen-bond acceptors (Lipinski definition) is 4. The number of nitrogens with zero attached hydrogens (tertiary/aromatic N) is 1. The van der Waals surface area contributed by atoms with E-state index in [9.17, 15) is 18.7 Å². The van der Waals surface area contributed by atoms with Gasteiger partial charge in [0.2, 0.25) is 5.88 Å². The lowest BCUT2D eigenvalue weighted by Crippen LogP contribution is -2.41. The van der Waals surface area contributed by atoms with E-state index >= 15 is 0 Å². The molecule has 0 spiro atoms. The summed E-state index contributed by atoms with van der Waals surface area (Å²) < 4.78 is 32.7. The van der Waals surface area contributed by atoms with Gasteiger partial charge in [-0.05, 0) is 36.5 Å². The third-order valence-electron chi connectivity index (χ3n) is 4.42. The first-order valence-corrected chi connectivity index (χ1v) is 7.92. The SMILES string of the molecule is COc1ccc(C(NC(=O)c2c(F)cccc2F)C2CC(O)C2)cn1. The van der Waals surface area contributed by atoms with E-state index < -0.39 is 35.3 Å². The number of hydrogen-bond donors (Lipinski definition) is 2. The number of methoxy groups -OCH3 is 1. The van der Waals surface area contributed by atoms with Crippen LogP contribution in [0.15, 0.2) is 36.5 Å². The molecule has 132 valence electrons. The number of nitrogens with one attached hydrogen (secondary N) is 1. The van der Waals surface area contributed by atoms with Crippen molar-refractivity contribution in [1.29, 1.82) is 0 Å². The molecule has 1 saturated carbocycles. The second-order valence-electron chi connectivity index (χ2n) is 6.07. The molecule has 1 fully saturated rings. The Morgan fingerprint density at radius 1 is 1.28 bits per heavy atom. The highest BCUT2D eigenvalue weighted by molar-refractivity contribution is 5.95. The van der Waals surface area contributed by atoms with E-state index in [0.29, 0.717) is 24.3 Å². The lowest BCUT2D eigenvalue weighted by molar-refractivity contribution is 0.0233. The summed E-state index contributed by atoms with van der Waals surface area (Å²) in [7, 11) is 1.49. The Balaban J connectivity index is 1.86. The molecular weight excluding hydrogens is 330 g/mol. The van der Waals surface area contributed by atoms with Crippen LogP contribution in [-0.2, 0) is 0 Å². The summed E-state index contributed by atoms with van der Waals surface area (Å²) in [5.41, 5.74) is 0.0663. The molecule has 1 amide bonds. The van der Waals surface area contributed by atoms with E-state index in [2.05, 4.69) is 10.3 Å². The van der Waals surface area contributed by atoms with E-state index in [1.807, 2.05) is 0 Å². The molecule has 25 heavy (non-hydrogen) atoms. The highest BCUT2D eigenvalue weighted by Gasteiger charge is 2.36.